The molecule has 2 amide bonds. The Kier molecular flexibility index (Phi) is 5.89. The molecular weight excluding hydrogens is 268 g/mol. The number of hydrogen-bond donors (Lipinski definition) is 2. The second-order valence-electron chi connectivity index (χ2n) is 3.81. The topological polar surface area (TPSA) is 69.6 Å². The molecule has 2 N–H and O–H groups in total. The Morgan fingerprint density at radius 3 is 2.68 bits per heavy atom. The minimum Gasteiger partial charge on any atom is -0.480 e. The molecule has 0 aliphatic rings. The van der Waals surface area contributed by atoms with Crippen LogP contribution in [0.2, 0.25) is 5.02 Å². The van der Waals surface area contributed by atoms with Gasteiger partial charge in [0.2, 0.25) is 0 Å². The molecule has 0 spiro atoms. The van der Waals surface area contributed by atoms with E-state index in [0.717, 1.165) is 10.5 Å². The van der Waals surface area contributed by atoms with Gasteiger partial charge in [-0.05, 0) is 11.6 Å². The highest BCUT2D eigenvalue weighted by Gasteiger charge is 2.15. The van der Waals surface area contributed by atoms with Gasteiger partial charge in [0, 0.05) is 18.1 Å². The van der Waals surface area contributed by atoms with Gasteiger partial charge in [0.15, 0.2) is 0 Å². The fourth-order valence-corrected chi connectivity index (χ4v) is 1.67. The maximum atomic E-state index is 11.8. The summed E-state index contributed by atoms with van der Waals surface area (Å²) in [4.78, 5) is 23.6. The number of halogens is 1. The van der Waals surface area contributed by atoms with Gasteiger partial charge < -0.3 is 15.3 Å². The first kappa shape index (κ1) is 15.0. The quantitative estimate of drug-likeness (QED) is 0.785. The molecule has 0 aliphatic carbocycles. The summed E-state index contributed by atoms with van der Waals surface area (Å²) in [6.07, 6.45) is 1.47. The lowest BCUT2D eigenvalue weighted by Gasteiger charge is -2.19. The van der Waals surface area contributed by atoms with E-state index in [-0.39, 0.29) is 19.6 Å². The summed E-state index contributed by atoms with van der Waals surface area (Å²) in [5.74, 6) is -1.07. The Morgan fingerprint density at radius 1 is 1.42 bits per heavy atom. The van der Waals surface area contributed by atoms with Crippen molar-refractivity contribution in [2.45, 2.75) is 6.54 Å². The molecule has 102 valence electrons. The molecular formula is C13H15ClN2O3. The highest BCUT2D eigenvalue weighted by atomic mass is 35.5. The van der Waals surface area contributed by atoms with Crippen LogP contribution in [0, 0.1) is 0 Å². The van der Waals surface area contributed by atoms with Crippen molar-refractivity contribution in [2.75, 3.05) is 13.1 Å². The van der Waals surface area contributed by atoms with Crippen molar-refractivity contribution in [3.63, 3.8) is 0 Å². The zero-order chi connectivity index (χ0) is 14.3. The van der Waals surface area contributed by atoms with Crippen LogP contribution in [-0.4, -0.2) is 35.1 Å². The molecule has 0 aliphatic heterocycles. The van der Waals surface area contributed by atoms with Crippen molar-refractivity contribution >= 4 is 23.6 Å². The molecule has 1 rings (SSSR count). The number of aliphatic carboxylic acids is 1. The van der Waals surface area contributed by atoms with E-state index in [4.69, 9.17) is 16.7 Å². The fourth-order valence-electron chi connectivity index (χ4n) is 1.46. The van der Waals surface area contributed by atoms with Gasteiger partial charge in [-0.15, -0.1) is 6.58 Å². The third kappa shape index (κ3) is 5.01. The molecule has 0 atom stereocenters. The summed E-state index contributed by atoms with van der Waals surface area (Å²) in [6.45, 7) is 3.52. The average Bonchev–Trinajstić information content (AvgIpc) is 2.36. The number of amides is 2. The second-order valence-corrected chi connectivity index (χ2v) is 4.22. The molecule has 0 saturated carbocycles. The fraction of sp³-hybridized carbons (Fsp3) is 0.231. The Labute approximate surface area is 116 Å². The molecule has 5 nitrogen and oxygen atoms in total. The van der Waals surface area contributed by atoms with Crippen molar-refractivity contribution in [1.82, 2.24) is 10.2 Å². The third-order valence-electron chi connectivity index (χ3n) is 2.35. The highest BCUT2D eigenvalue weighted by Crippen LogP contribution is 2.14. The lowest BCUT2D eigenvalue weighted by molar-refractivity contribution is -0.137. The summed E-state index contributed by atoms with van der Waals surface area (Å²) in [5, 5.41) is 11.9. The lowest BCUT2D eigenvalue weighted by Crippen LogP contribution is -2.42. The van der Waals surface area contributed by atoms with Crippen LogP contribution in [0.25, 0.3) is 0 Å². The number of carbonyl (C=O) groups is 2. The molecule has 0 bridgehead atoms. The summed E-state index contributed by atoms with van der Waals surface area (Å²) < 4.78 is 0. The van der Waals surface area contributed by atoms with Crippen molar-refractivity contribution in [1.29, 1.82) is 0 Å². The van der Waals surface area contributed by atoms with Crippen LogP contribution >= 0.6 is 11.6 Å². The van der Waals surface area contributed by atoms with E-state index in [1.807, 2.05) is 6.07 Å². The molecule has 6 heteroatoms. The number of carboxylic acid groups (broad SMARTS) is 1. The Hall–Kier alpha value is -2.01. The number of benzene rings is 1. The van der Waals surface area contributed by atoms with Gasteiger partial charge in [-0.3, -0.25) is 4.79 Å². The largest absolute Gasteiger partial charge is 0.480 e. The van der Waals surface area contributed by atoms with Gasteiger partial charge in [-0.25, -0.2) is 4.79 Å². The van der Waals surface area contributed by atoms with Crippen LogP contribution in [0.4, 0.5) is 4.79 Å². The maximum absolute atomic E-state index is 11.8. The van der Waals surface area contributed by atoms with Crippen molar-refractivity contribution in [2.24, 2.45) is 0 Å². The number of urea groups is 1. The van der Waals surface area contributed by atoms with Crippen LogP contribution in [0.3, 0.4) is 0 Å². The van der Waals surface area contributed by atoms with E-state index < -0.39 is 12.0 Å². The monoisotopic (exact) mass is 282 g/mol. The maximum Gasteiger partial charge on any atom is 0.323 e. The Balaban J connectivity index is 2.59. The van der Waals surface area contributed by atoms with E-state index >= 15 is 0 Å². The summed E-state index contributed by atoms with van der Waals surface area (Å²) in [7, 11) is 0. The molecule has 0 fully saturated rings. The Bertz CT molecular complexity index is 477. The van der Waals surface area contributed by atoms with Crippen molar-refractivity contribution in [3.8, 4) is 0 Å². The van der Waals surface area contributed by atoms with E-state index in [9.17, 15) is 9.59 Å². The summed E-state index contributed by atoms with van der Waals surface area (Å²) in [5.41, 5.74) is 0.770. The minimum atomic E-state index is -1.07. The molecule has 0 unspecified atom stereocenters. The predicted octanol–water partition coefficient (Wildman–Crippen LogP) is 2.12. The van der Waals surface area contributed by atoms with Gasteiger partial charge in [0.25, 0.3) is 0 Å². The summed E-state index contributed by atoms with van der Waals surface area (Å²) >= 11 is 5.96. The number of carbonyl (C=O) groups excluding carboxylic acids is 1. The first-order chi connectivity index (χ1) is 9.04. The SMILES string of the molecule is C=CCN(CC(=O)O)C(=O)NCc1ccccc1Cl. The number of nitrogens with one attached hydrogen (secondary N) is 1. The molecule has 1 aromatic carbocycles. The second kappa shape index (κ2) is 7.43. The first-order valence-electron chi connectivity index (χ1n) is 5.63. The van der Waals surface area contributed by atoms with Crippen LogP contribution in [0.15, 0.2) is 36.9 Å². The molecule has 19 heavy (non-hydrogen) atoms. The number of nitrogens with zero attached hydrogens (tertiary/aromatic N) is 1. The first-order valence-corrected chi connectivity index (χ1v) is 6.01. The van der Waals surface area contributed by atoms with Crippen LogP contribution in [0.1, 0.15) is 5.56 Å². The zero-order valence-corrected chi connectivity index (χ0v) is 11.1. The van der Waals surface area contributed by atoms with E-state index in [1.165, 1.54) is 6.08 Å². The van der Waals surface area contributed by atoms with Gasteiger partial charge in [-0.1, -0.05) is 35.9 Å². The van der Waals surface area contributed by atoms with E-state index in [0.29, 0.717) is 5.02 Å². The van der Waals surface area contributed by atoms with Gasteiger partial charge in [-0.2, -0.15) is 0 Å². The van der Waals surface area contributed by atoms with Gasteiger partial charge >= 0.3 is 12.0 Å². The zero-order valence-electron chi connectivity index (χ0n) is 10.3. The van der Waals surface area contributed by atoms with Gasteiger partial charge in [0.05, 0.1) is 0 Å². The van der Waals surface area contributed by atoms with Crippen LogP contribution in [0.5, 0.6) is 0 Å². The average molecular weight is 283 g/mol. The van der Waals surface area contributed by atoms with Gasteiger partial charge in [0.1, 0.15) is 6.54 Å². The third-order valence-corrected chi connectivity index (χ3v) is 2.72. The molecule has 0 radical (unpaired) electrons. The number of carboxylic acids is 1. The molecule has 0 aromatic heterocycles. The minimum absolute atomic E-state index is 0.167. The van der Waals surface area contributed by atoms with E-state index in [2.05, 4.69) is 11.9 Å². The van der Waals surface area contributed by atoms with Crippen LogP contribution in [-0.2, 0) is 11.3 Å². The Morgan fingerprint density at radius 2 is 2.11 bits per heavy atom. The standard InChI is InChI=1S/C13H15ClN2O3/c1-2-7-16(9-12(17)18)13(19)15-8-10-5-3-4-6-11(10)14/h2-6H,1,7-9H2,(H,15,19)(H,17,18). The summed E-state index contributed by atoms with van der Waals surface area (Å²) in [6, 6.07) is 6.65. The highest BCUT2D eigenvalue weighted by molar-refractivity contribution is 6.31. The van der Waals surface area contributed by atoms with Crippen molar-refractivity contribution < 1.29 is 14.7 Å². The molecule has 0 saturated heterocycles. The number of rotatable bonds is 6. The number of hydrogen-bond acceptors (Lipinski definition) is 2. The molecule has 1 aromatic rings. The predicted molar refractivity (Wildman–Crippen MR) is 73.1 cm³/mol. The normalized spacial score (nSPS) is 9.74. The smallest absolute Gasteiger partial charge is 0.323 e. The molecule has 0 heterocycles. The van der Waals surface area contributed by atoms with Crippen molar-refractivity contribution in [3.05, 3.63) is 47.5 Å². The lowest BCUT2D eigenvalue weighted by atomic mass is 10.2. The van der Waals surface area contributed by atoms with Crippen LogP contribution < -0.4 is 5.32 Å². The van der Waals surface area contributed by atoms with E-state index in [1.54, 1.807) is 18.2 Å².